The molecule has 0 fully saturated rings. The molecule has 0 aromatic carbocycles. The molecule has 0 unspecified atom stereocenters. The zero-order chi connectivity index (χ0) is 16.3. The van der Waals surface area contributed by atoms with Crippen LogP contribution in [0.3, 0.4) is 0 Å². The summed E-state index contributed by atoms with van der Waals surface area (Å²) in [4.78, 5) is 23.0. The van der Waals surface area contributed by atoms with Crippen LogP contribution in [0.4, 0.5) is 0 Å². The van der Waals surface area contributed by atoms with Gasteiger partial charge in [0.25, 0.3) is 0 Å². The van der Waals surface area contributed by atoms with Crippen LogP contribution in [-0.4, -0.2) is 29.9 Å². The number of unbranched alkanes of at least 4 members (excludes halogenated alkanes) is 4. The topological polar surface area (TPSA) is 84.2 Å². The second kappa shape index (κ2) is 10.6. The molecule has 0 rings (SSSR count). The minimum Gasteiger partial charge on any atom is -0.370 e. The molecule has 21 heavy (non-hydrogen) atoms. The van der Waals surface area contributed by atoms with Crippen molar-refractivity contribution in [2.24, 2.45) is 5.73 Å². The highest BCUT2D eigenvalue weighted by Crippen LogP contribution is 2.05. The van der Waals surface area contributed by atoms with Crippen molar-refractivity contribution in [1.82, 2.24) is 10.6 Å². The molecular weight excluding hydrogens is 266 g/mol. The lowest BCUT2D eigenvalue weighted by atomic mass is 10.1. The summed E-state index contributed by atoms with van der Waals surface area (Å²) in [5.41, 5.74) is 5.19. The maximum Gasteiger partial charge on any atom is 0.220 e. The molecule has 0 heterocycles. The minimum absolute atomic E-state index is 0.00783. The predicted octanol–water partition coefficient (Wildman–Crippen LogP) is 2.10. The van der Waals surface area contributed by atoms with E-state index in [1.54, 1.807) is 0 Å². The molecule has 0 aliphatic heterocycles. The van der Waals surface area contributed by atoms with Crippen molar-refractivity contribution in [3.8, 4) is 0 Å². The number of nitrogens with one attached hydrogen (secondary N) is 2. The van der Waals surface area contributed by atoms with Gasteiger partial charge in [0.1, 0.15) is 0 Å². The first-order valence-electron chi connectivity index (χ1n) is 8.07. The number of nitrogens with two attached hydrogens (primary N) is 1. The van der Waals surface area contributed by atoms with Crippen LogP contribution in [-0.2, 0) is 9.59 Å². The third-order valence-electron chi connectivity index (χ3n) is 3.20. The number of carbonyl (C=O) groups excluding carboxylic acids is 2. The molecule has 2 amide bonds. The molecule has 0 saturated heterocycles. The van der Waals surface area contributed by atoms with Gasteiger partial charge in [-0.15, -0.1) is 0 Å². The molecule has 5 heteroatoms. The first kappa shape index (κ1) is 19.9. The summed E-state index contributed by atoms with van der Waals surface area (Å²) < 4.78 is 0. The monoisotopic (exact) mass is 299 g/mol. The molecule has 0 bridgehead atoms. The van der Waals surface area contributed by atoms with Crippen molar-refractivity contribution in [3.63, 3.8) is 0 Å². The number of primary amides is 1. The van der Waals surface area contributed by atoms with Gasteiger partial charge in [-0.3, -0.25) is 9.59 Å². The first-order chi connectivity index (χ1) is 9.74. The van der Waals surface area contributed by atoms with E-state index < -0.39 is 0 Å². The fourth-order valence-electron chi connectivity index (χ4n) is 2.04. The van der Waals surface area contributed by atoms with Gasteiger partial charge < -0.3 is 16.4 Å². The molecule has 0 aromatic heterocycles. The molecule has 1 atom stereocenters. The van der Waals surface area contributed by atoms with E-state index in [0.717, 1.165) is 12.8 Å². The SMILES string of the molecule is CCCCCCCC(=O)N[C@@H](CNC(C)(C)C)CC(N)=O. The second-order valence-corrected chi connectivity index (χ2v) is 6.73. The summed E-state index contributed by atoms with van der Waals surface area (Å²) in [6.07, 6.45) is 6.29. The Hall–Kier alpha value is -1.10. The zero-order valence-electron chi connectivity index (χ0n) is 14.1. The Morgan fingerprint density at radius 3 is 2.24 bits per heavy atom. The molecule has 5 nitrogen and oxygen atoms in total. The van der Waals surface area contributed by atoms with Crippen molar-refractivity contribution in [1.29, 1.82) is 0 Å². The van der Waals surface area contributed by atoms with Gasteiger partial charge in [0, 0.05) is 24.9 Å². The van der Waals surface area contributed by atoms with Crippen LogP contribution in [0.2, 0.25) is 0 Å². The fourth-order valence-corrected chi connectivity index (χ4v) is 2.04. The smallest absolute Gasteiger partial charge is 0.220 e. The van der Waals surface area contributed by atoms with Gasteiger partial charge in [0.2, 0.25) is 11.8 Å². The normalized spacial score (nSPS) is 13.0. The third-order valence-corrected chi connectivity index (χ3v) is 3.20. The minimum atomic E-state index is -0.390. The first-order valence-corrected chi connectivity index (χ1v) is 8.07. The maximum atomic E-state index is 11.9. The van der Waals surface area contributed by atoms with Crippen molar-refractivity contribution < 1.29 is 9.59 Å². The Kier molecular flexibility index (Phi) is 10.0. The van der Waals surface area contributed by atoms with Crippen LogP contribution >= 0.6 is 0 Å². The van der Waals surface area contributed by atoms with E-state index in [4.69, 9.17) is 5.73 Å². The van der Waals surface area contributed by atoms with E-state index in [-0.39, 0.29) is 29.8 Å². The number of hydrogen-bond acceptors (Lipinski definition) is 3. The lowest BCUT2D eigenvalue weighted by Crippen LogP contribution is -2.48. The van der Waals surface area contributed by atoms with Crippen LogP contribution in [0.25, 0.3) is 0 Å². The summed E-state index contributed by atoms with van der Waals surface area (Å²) in [6, 6.07) is -0.232. The van der Waals surface area contributed by atoms with Crippen molar-refractivity contribution in [2.75, 3.05) is 6.54 Å². The Morgan fingerprint density at radius 1 is 1.10 bits per heavy atom. The van der Waals surface area contributed by atoms with E-state index in [0.29, 0.717) is 13.0 Å². The summed E-state index contributed by atoms with van der Waals surface area (Å²) in [6.45, 7) is 8.86. The number of amides is 2. The lowest BCUT2D eigenvalue weighted by Gasteiger charge is -2.25. The molecule has 0 aliphatic carbocycles. The predicted molar refractivity (Wildman–Crippen MR) is 86.9 cm³/mol. The highest BCUT2D eigenvalue weighted by molar-refractivity contribution is 5.78. The van der Waals surface area contributed by atoms with E-state index in [1.807, 2.05) is 20.8 Å². The van der Waals surface area contributed by atoms with Gasteiger partial charge >= 0.3 is 0 Å². The van der Waals surface area contributed by atoms with Crippen LogP contribution in [0.1, 0.15) is 72.6 Å². The summed E-state index contributed by atoms with van der Waals surface area (Å²) in [5.74, 6) is -0.382. The van der Waals surface area contributed by atoms with Crippen LogP contribution in [0, 0.1) is 0 Å². The van der Waals surface area contributed by atoms with Crippen LogP contribution < -0.4 is 16.4 Å². The molecule has 0 spiro atoms. The maximum absolute atomic E-state index is 11.9. The number of hydrogen-bond donors (Lipinski definition) is 3. The number of rotatable bonds is 11. The number of carbonyl (C=O) groups is 2. The molecule has 4 N–H and O–H groups in total. The average molecular weight is 299 g/mol. The van der Waals surface area contributed by atoms with Crippen LogP contribution in [0.15, 0.2) is 0 Å². The quantitative estimate of drug-likeness (QED) is 0.511. The zero-order valence-corrected chi connectivity index (χ0v) is 14.1. The van der Waals surface area contributed by atoms with Gasteiger partial charge in [-0.25, -0.2) is 0 Å². The van der Waals surface area contributed by atoms with Gasteiger partial charge in [-0.2, -0.15) is 0 Å². The van der Waals surface area contributed by atoms with Gasteiger partial charge in [-0.05, 0) is 27.2 Å². The van der Waals surface area contributed by atoms with Crippen molar-refractivity contribution >= 4 is 11.8 Å². The van der Waals surface area contributed by atoms with E-state index in [2.05, 4.69) is 17.6 Å². The van der Waals surface area contributed by atoms with Crippen molar-refractivity contribution in [2.45, 2.75) is 84.2 Å². The third kappa shape index (κ3) is 13.6. The Bertz CT molecular complexity index is 311. The van der Waals surface area contributed by atoms with Gasteiger partial charge in [-0.1, -0.05) is 32.6 Å². The fraction of sp³-hybridized carbons (Fsp3) is 0.875. The Labute approximate surface area is 129 Å². The Balaban J connectivity index is 4.08. The van der Waals surface area contributed by atoms with Gasteiger partial charge in [0.05, 0.1) is 6.04 Å². The molecule has 124 valence electrons. The summed E-state index contributed by atoms with van der Waals surface area (Å²) in [5, 5.41) is 6.20. The summed E-state index contributed by atoms with van der Waals surface area (Å²) >= 11 is 0. The summed E-state index contributed by atoms with van der Waals surface area (Å²) in [7, 11) is 0. The largest absolute Gasteiger partial charge is 0.370 e. The molecule has 0 saturated carbocycles. The van der Waals surface area contributed by atoms with E-state index >= 15 is 0 Å². The molecular formula is C16H33N3O2. The average Bonchev–Trinajstić information content (AvgIpc) is 2.34. The molecule has 0 aromatic rings. The Morgan fingerprint density at radius 2 is 1.71 bits per heavy atom. The van der Waals surface area contributed by atoms with Crippen molar-refractivity contribution in [3.05, 3.63) is 0 Å². The highest BCUT2D eigenvalue weighted by Gasteiger charge is 2.17. The van der Waals surface area contributed by atoms with E-state index in [1.165, 1.54) is 19.3 Å². The second-order valence-electron chi connectivity index (χ2n) is 6.73. The molecule has 0 radical (unpaired) electrons. The lowest BCUT2D eigenvalue weighted by molar-refractivity contribution is -0.122. The van der Waals surface area contributed by atoms with E-state index in [9.17, 15) is 9.59 Å². The molecule has 0 aliphatic rings. The van der Waals surface area contributed by atoms with Gasteiger partial charge in [0.15, 0.2) is 0 Å². The standard InChI is InChI=1S/C16H33N3O2/c1-5-6-7-8-9-10-15(21)19-13(11-14(17)20)12-18-16(2,3)4/h13,18H,5-12H2,1-4H3,(H2,17,20)(H,19,21)/t13-/m1/s1. The van der Waals surface area contributed by atoms with Crippen LogP contribution in [0.5, 0.6) is 0 Å². The highest BCUT2D eigenvalue weighted by atomic mass is 16.2.